The molecule has 0 aliphatic heterocycles. The van der Waals surface area contributed by atoms with Gasteiger partial charge in [-0.05, 0) is 62.2 Å². The van der Waals surface area contributed by atoms with Crippen molar-refractivity contribution in [3.05, 3.63) is 55.4 Å². The standard InChI is InChI=1S/C15H10Br3NO2/c16-11-7-13(17)15(14(18)8-11)21-5-4-20-12-3-1-2-10(6-12)9-19/h1-3,6-8H,4-5H2. The topological polar surface area (TPSA) is 42.2 Å². The molecule has 108 valence electrons. The fourth-order valence-corrected chi connectivity index (χ4v) is 4.11. The van der Waals surface area contributed by atoms with E-state index in [1.165, 1.54) is 0 Å². The van der Waals surface area contributed by atoms with Gasteiger partial charge in [-0.2, -0.15) is 5.26 Å². The van der Waals surface area contributed by atoms with Crippen LogP contribution in [0.4, 0.5) is 0 Å². The minimum Gasteiger partial charge on any atom is -0.490 e. The van der Waals surface area contributed by atoms with Crippen LogP contribution < -0.4 is 9.47 Å². The number of hydrogen-bond donors (Lipinski definition) is 0. The molecule has 2 aromatic carbocycles. The molecule has 0 radical (unpaired) electrons. The van der Waals surface area contributed by atoms with Crippen LogP contribution >= 0.6 is 47.8 Å². The number of ether oxygens (including phenoxy) is 2. The Labute approximate surface area is 148 Å². The summed E-state index contributed by atoms with van der Waals surface area (Å²) in [5.74, 6) is 1.39. The summed E-state index contributed by atoms with van der Waals surface area (Å²) in [5, 5.41) is 8.82. The molecule has 2 rings (SSSR count). The molecule has 0 bridgehead atoms. The van der Waals surface area contributed by atoms with E-state index in [0.717, 1.165) is 19.2 Å². The smallest absolute Gasteiger partial charge is 0.147 e. The summed E-state index contributed by atoms with van der Waals surface area (Å²) in [5.41, 5.74) is 0.576. The number of nitriles is 1. The van der Waals surface area contributed by atoms with E-state index in [1.54, 1.807) is 18.2 Å². The lowest BCUT2D eigenvalue weighted by Crippen LogP contribution is -2.09. The fourth-order valence-electron chi connectivity index (χ4n) is 1.63. The van der Waals surface area contributed by atoms with Crippen molar-refractivity contribution in [3.63, 3.8) is 0 Å². The second kappa shape index (κ2) is 7.83. The highest BCUT2D eigenvalue weighted by Crippen LogP contribution is 2.36. The summed E-state index contributed by atoms with van der Waals surface area (Å²) in [4.78, 5) is 0. The molecule has 0 amide bonds. The zero-order chi connectivity index (χ0) is 15.2. The van der Waals surface area contributed by atoms with Gasteiger partial charge in [-0.1, -0.05) is 22.0 Å². The number of rotatable bonds is 5. The SMILES string of the molecule is N#Cc1cccc(OCCOc2c(Br)cc(Br)cc2Br)c1. The van der Waals surface area contributed by atoms with Crippen molar-refractivity contribution >= 4 is 47.8 Å². The van der Waals surface area contributed by atoms with Crippen LogP contribution in [0.2, 0.25) is 0 Å². The molecule has 0 saturated heterocycles. The van der Waals surface area contributed by atoms with Crippen molar-refractivity contribution in [2.45, 2.75) is 0 Å². The van der Waals surface area contributed by atoms with Gasteiger partial charge in [-0.15, -0.1) is 0 Å². The molecule has 0 unspecified atom stereocenters. The van der Waals surface area contributed by atoms with Crippen molar-refractivity contribution in [2.24, 2.45) is 0 Å². The Morgan fingerprint density at radius 2 is 1.62 bits per heavy atom. The Balaban J connectivity index is 1.89. The van der Waals surface area contributed by atoms with E-state index < -0.39 is 0 Å². The molecule has 0 aromatic heterocycles. The molecule has 0 N–H and O–H groups in total. The van der Waals surface area contributed by atoms with Gasteiger partial charge in [0.15, 0.2) is 0 Å². The zero-order valence-corrected chi connectivity index (χ0v) is 15.5. The van der Waals surface area contributed by atoms with E-state index in [0.29, 0.717) is 24.5 Å². The first kappa shape index (κ1) is 16.3. The average Bonchev–Trinajstić information content (AvgIpc) is 2.45. The van der Waals surface area contributed by atoms with Crippen molar-refractivity contribution in [1.29, 1.82) is 5.26 Å². The summed E-state index contributed by atoms with van der Waals surface area (Å²) in [7, 11) is 0. The van der Waals surface area contributed by atoms with Gasteiger partial charge in [-0.25, -0.2) is 0 Å². The molecule has 0 spiro atoms. The maximum atomic E-state index is 8.82. The second-order valence-electron chi connectivity index (χ2n) is 4.04. The minimum atomic E-state index is 0.393. The predicted molar refractivity (Wildman–Crippen MR) is 91.7 cm³/mol. The van der Waals surface area contributed by atoms with Gasteiger partial charge in [0, 0.05) is 4.47 Å². The molecule has 3 nitrogen and oxygen atoms in total. The first-order valence-corrected chi connectivity index (χ1v) is 8.38. The molecular weight excluding hydrogens is 466 g/mol. The third-order valence-corrected chi connectivity index (χ3v) is 4.16. The maximum absolute atomic E-state index is 8.82. The summed E-state index contributed by atoms with van der Waals surface area (Å²) < 4.78 is 13.9. The van der Waals surface area contributed by atoms with Gasteiger partial charge >= 0.3 is 0 Å². The van der Waals surface area contributed by atoms with E-state index in [-0.39, 0.29) is 0 Å². The first-order chi connectivity index (χ1) is 10.1. The molecular formula is C15H10Br3NO2. The van der Waals surface area contributed by atoms with Crippen molar-refractivity contribution < 1.29 is 9.47 Å². The third kappa shape index (κ3) is 4.73. The molecule has 0 atom stereocenters. The van der Waals surface area contributed by atoms with Crippen LogP contribution in [-0.2, 0) is 0 Å². The normalized spacial score (nSPS) is 10.0. The van der Waals surface area contributed by atoms with Gasteiger partial charge < -0.3 is 9.47 Å². The van der Waals surface area contributed by atoms with Gasteiger partial charge in [0.2, 0.25) is 0 Å². The van der Waals surface area contributed by atoms with Crippen LogP contribution in [-0.4, -0.2) is 13.2 Å². The van der Waals surface area contributed by atoms with Crippen LogP contribution in [0.25, 0.3) is 0 Å². The third-order valence-electron chi connectivity index (χ3n) is 2.52. The molecule has 0 aliphatic carbocycles. The van der Waals surface area contributed by atoms with Crippen LogP contribution in [0.3, 0.4) is 0 Å². The summed E-state index contributed by atoms with van der Waals surface area (Å²) in [6.07, 6.45) is 0. The highest BCUT2D eigenvalue weighted by molar-refractivity contribution is 9.11. The van der Waals surface area contributed by atoms with E-state index in [2.05, 4.69) is 53.9 Å². The van der Waals surface area contributed by atoms with Crippen LogP contribution in [0.5, 0.6) is 11.5 Å². The minimum absolute atomic E-state index is 0.393. The quantitative estimate of drug-likeness (QED) is 0.551. The van der Waals surface area contributed by atoms with Crippen molar-refractivity contribution in [1.82, 2.24) is 0 Å². The summed E-state index contributed by atoms with van der Waals surface area (Å²) in [6, 6.07) is 12.9. The molecule has 0 saturated carbocycles. The van der Waals surface area contributed by atoms with E-state index in [1.807, 2.05) is 18.2 Å². The molecule has 0 aliphatic rings. The van der Waals surface area contributed by atoms with Crippen LogP contribution in [0.15, 0.2) is 49.8 Å². The van der Waals surface area contributed by atoms with E-state index >= 15 is 0 Å². The average molecular weight is 476 g/mol. The van der Waals surface area contributed by atoms with E-state index in [4.69, 9.17) is 14.7 Å². The Kier molecular flexibility index (Phi) is 6.09. The summed E-state index contributed by atoms with van der Waals surface area (Å²) >= 11 is 10.3. The van der Waals surface area contributed by atoms with Crippen LogP contribution in [0, 0.1) is 11.3 Å². The van der Waals surface area contributed by atoms with E-state index in [9.17, 15) is 0 Å². The Morgan fingerprint density at radius 3 is 2.29 bits per heavy atom. The molecule has 6 heteroatoms. The van der Waals surface area contributed by atoms with Crippen molar-refractivity contribution in [2.75, 3.05) is 13.2 Å². The lowest BCUT2D eigenvalue weighted by molar-refractivity contribution is 0.215. The monoisotopic (exact) mass is 473 g/mol. The maximum Gasteiger partial charge on any atom is 0.147 e. The van der Waals surface area contributed by atoms with Crippen LogP contribution in [0.1, 0.15) is 5.56 Å². The molecule has 21 heavy (non-hydrogen) atoms. The van der Waals surface area contributed by atoms with Gasteiger partial charge in [0.25, 0.3) is 0 Å². The largest absolute Gasteiger partial charge is 0.490 e. The fraction of sp³-hybridized carbons (Fsp3) is 0.133. The summed E-state index contributed by atoms with van der Waals surface area (Å²) in [6.45, 7) is 0.791. The zero-order valence-electron chi connectivity index (χ0n) is 10.8. The van der Waals surface area contributed by atoms with Gasteiger partial charge in [0.1, 0.15) is 24.7 Å². The lowest BCUT2D eigenvalue weighted by Gasteiger charge is -2.11. The number of nitrogens with zero attached hydrogens (tertiary/aromatic N) is 1. The number of hydrogen-bond acceptors (Lipinski definition) is 3. The predicted octanol–water partition coefficient (Wildman–Crippen LogP) is 5.30. The van der Waals surface area contributed by atoms with Gasteiger partial charge in [-0.3, -0.25) is 0 Å². The second-order valence-corrected chi connectivity index (χ2v) is 6.66. The lowest BCUT2D eigenvalue weighted by atomic mass is 10.2. The number of halogens is 3. The Morgan fingerprint density at radius 1 is 0.952 bits per heavy atom. The highest BCUT2D eigenvalue weighted by Gasteiger charge is 2.08. The Hall–Kier alpha value is -1.03. The molecule has 2 aromatic rings. The Bertz CT molecular complexity index is 660. The van der Waals surface area contributed by atoms with Gasteiger partial charge in [0.05, 0.1) is 20.6 Å². The number of benzene rings is 2. The first-order valence-electron chi connectivity index (χ1n) is 6.00. The highest BCUT2D eigenvalue weighted by atomic mass is 79.9. The molecule has 0 fully saturated rings. The molecule has 0 heterocycles. The van der Waals surface area contributed by atoms with Crippen molar-refractivity contribution in [3.8, 4) is 17.6 Å².